The van der Waals surface area contributed by atoms with Gasteiger partial charge in [-0.3, -0.25) is 0 Å². The maximum Gasteiger partial charge on any atom is 0.0701 e. The van der Waals surface area contributed by atoms with E-state index in [9.17, 15) is 0 Å². The van der Waals surface area contributed by atoms with Crippen LogP contribution in [0.5, 0.6) is 0 Å². The summed E-state index contributed by atoms with van der Waals surface area (Å²) in [6.45, 7) is 16.9. The molecule has 0 heterocycles. The zero-order valence-corrected chi connectivity index (χ0v) is 27.5. The molecule has 0 aromatic carbocycles. The Labute approximate surface area is 265 Å². The SMILES string of the molecule is CCCOCCOCCOCCOCCOCCOCCOCCOCCOCCOCCOCCOCCOCCOC. The Kier molecular flexibility index (Phi) is 41.9. The first kappa shape index (κ1) is 43.4. The molecule has 0 aromatic rings. The van der Waals surface area contributed by atoms with Gasteiger partial charge >= 0.3 is 0 Å². The molecule has 0 fully saturated rings. The third-order valence-corrected chi connectivity index (χ3v) is 5.24. The second-order valence-electron chi connectivity index (χ2n) is 8.95. The first-order valence-corrected chi connectivity index (χ1v) is 15.9. The van der Waals surface area contributed by atoms with Crippen molar-refractivity contribution in [3.63, 3.8) is 0 Å². The second kappa shape index (κ2) is 42.4. The molecule has 0 rings (SSSR count). The fourth-order valence-electron chi connectivity index (χ4n) is 3.03. The van der Waals surface area contributed by atoms with Gasteiger partial charge in [-0.15, -0.1) is 0 Å². The molecular formula is C30H62O14. The lowest BCUT2D eigenvalue weighted by Crippen LogP contribution is -2.15. The number of methoxy groups -OCH3 is 1. The Morgan fingerprint density at radius 1 is 0.205 bits per heavy atom. The Morgan fingerprint density at radius 3 is 0.477 bits per heavy atom. The summed E-state index contributed by atoms with van der Waals surface area (Å²) in [6.07, 6.45) is 1.02. The average Bonchev–Trinajstić information content (AvgIpc) is 3.04. The van der Waals surface area contributed by atoms with Gasteiger partial charge in [0.05, 0.1) is 172 Å². The van der Waals surface area contributed by atoms with Gasteiger partial charge in [-0.1, -0.05) is 6.92 Å². The van der Waals surface area contributed by atoms with Crippen LogP contribution >= 0.6 is 0 Å². The standard InChI is InChI=1S/C30H62O14/c1-3-4-32-7-8-34-11-12-36-15-16-38-19-20-40-23-24-42-27-28-44-30-29-43-26-25-41-22-21-39-18-17-37-14-13-35-10-9-33-6-5-31-2/h3-30H2,1-2H3. The summed E-state index contributed by atoms with van der Waals surface area (Å²) in [4.78, 5) is 0. The Hall–Kier alpha value is -0.560. The highest BCUT2D eigenvalue weighted by molar-refractivity contribution is 4.39. The molecule has 14 heteroatoms. The lowest BCUT2D eigenvalue weighted by molar-refractivity contribution is -0.0293. The van der Waals surface area contributed by atoms with Crippen LogP contribution in [0, 0.1) is 0 Å². The molecule has 0 radical (unpaired) electrons. The van der Waals surface area contributed by atoms with Crippen molar-refractivity contribution in [3.8, 4) is 0 Å². The van der Waals surface area contributed by atoms with Crippen LogP contribution in [0.2, 0.25) is 0 Å². The molecule has 0 saturated heterocycles. The van der Waals surface area contributed by atoms with Crippen molar-refractivity contribution in [1.82, 2.24) is 0 Å². The summed E-state index contributed by atoms with van der Waals surface area (Å²) in [7, 11) is 1.65. The van der Waals surface area contributed by atoms with E-state index in [0.717, 1.165) is 13.0 Å². The Morgan fingerprint density at radius 2 is 0.341 bits per heavy atom. The highest BCUT2D eigenvalue weighted by Gasteiger charge is 1.97. The van der Waals surface area contributed by atoms with Crippen LogP contribution in [-0.2, 0) is 66.3 Å². The molecule has 14 nitrogen and oxygen atoms in total. The van der Waals surface area contributed by atoms with E-state index < -0.39 is 0 Å². The van der Waals surface area contributed by atoms with Crippen molar-refractivity contribution in [1.29, 1.82) is 0 Å². The van der Waals surface area contributed by atoms with Crippen LogP contribution < -0.4 is 0 Å². The highest BCUT2D eigenvalue weighted by atomic mass is 16.6. The van der Waals surface area contributed by atoms with Gasteiger partial charge in [-0.25, -0.2) is 0 Å². The van der Waals surface area contributed by atoms with Crippen LogP contribution in [0.4, 0.5) is 0 Å². The van der Waals surface area contributed by atoms with Crippen molar-refractivity contribution in [2.24, 2.45) is 0 Å². The van der Waals surface area contributed by atoms with E-state index in [1.807, 2.05) is 0 Å². The lowest BCUT2D eigenvalue weighted by atomic mass is 10.5. The number of hydrogen-bond donors (Lipinski definition) is 0. The third-order valence-electron chi connectivity index (χ3n) is 5.24. The van der Waals surface area contributed by atoms with Crippen LogP contribution in [0.15, 0.2) is 0 Å². The molecule has 266 valence electrons. The van der Waals surface area contributed by atoms with E-state index in [-0.39, 0.29) is 0 Å². The van der Waals surface area contributed by atoms with Crippen LogP contribution in [0.3, 0.4) is 0 Å². The number of rotatable bonds is 41. The Balaban J connectivity index is 3.03. The van der Waals surface area contributed by atoms with Gasteiger partial charge in [0.25, 0.3) is 0 Å². The molecule has 0 amide bonds. The molecule has 0 spiro atoms. The van der Waals surface area contributed by atoms with Gasteiger partial charge in [0, 0.05) is 13.7 Å². The van der Waals surface area contributed by atoms with Gasteiger partial charge in [-0.2, -0.15) is 0 Å². The maximum atomic E-state index is 5.48. The molecule has 0 saturated carbocycles. The molecular weight excluding hydrogens is 584 g/mol. The van der Waals surface area contributed by atoms with E-state index in [1.165, 1.54) is 0 Å². The summed E-state index contributed by atoms with van der Waals surface area (Å²) in [5.41, 5.74) is 0. The highest BCUT2D eigenvalue weighted by Crippen LogP contribution is 1.88. The van der Waals surface area contributed by atoms with Crippen molar-refractivity contribution >= 4 is 0 Å². The molecule has 0 aromatic heterocycles. The monoisotopic (exact) mass is 646 g/mol. The first-order valence-electron chi connectivity index (χ1n) is 15.9. The summed E-state index contributed by atoms with van der Waals surface area (Å²) in [5.74, 6) is 0. The topological polar surface area (TPSA) is 129 Å². The smallest absolute Gasteiger partial charge is 0.0701 e. The summed E-state index contributed by atoms with van der Waals surface area (Å²) in [6, 6.07) is 0. The zero-order chi connectivity index (χ0) is 31.7. The third kappa shape index (κ3) is 41.4. The van der Waals surface area contributed by atoms with Gasteiger partial charge in [-0.05, 0) is 6.42 Å². The molecule has 0 N–H and O–H groups in total. The van der Waals surface area contributed by atoms with Crippen molar-refractivity contribution < 1.29 is 66.3 Å². The molecule has 0 bridgehead atoms. The summed E-state index contributed by atoms with van der Waals surface area (Å²) in [5, 5.41) is 0. The minimum absolute atomic E-state index is 0.512. The van der Waals surface area contributed by atoms with Gasteiger partial charge in [0.15, 0.2) is 0 Å². The Bertz CT molecular complexity index is 451. The maximum absolute atomic E-state index is 5.48. The minimum atomic E-state index is 0.512. The average molecular weight is 647 g/mol. The summed E-state index contributed by atoms with van der Waals surface area (Å²) >= 11 is 0. The first-order chi connectivity index (χ1) is 21.9. The second-order valence-corrected chi connectivity index (χ2v) is 8.95. The normalized spacial score (nSPS) is 11.6. The van der Waals surface area contributed by atoms with Gasteiger partial charge < -0.3 is 66.3 Å². The van der Waals surface area contributed by atoms with Crippen LogP contribution in [0.1, 0.15) is 13.3 Å². The lowest BCUT2D eigenvalue weighted by Gasteiger charge is -2.09. The van der Waals surface area contributed by atoms with Crippen molar-refractivity contribution in [2.45, 2.75) is 13.3 Å². The largest absolute Gasteiger partial charge is 0.382 e. The van der Waals surface area contributed by atoms with Crippen LogP contribution in [0.25, 0.3) is 0 Å². The number of hydrogen-bond acceptors (Lipinski definition) is 14. The number of ether oxygens (including phenoxy) is 14. The van der Waals surface area contributed by atoms with Gasteiger partial charge in [0.2, 0.25) is 0 Å². The quantitative estimate of drug-likeness (QED) is 0.0884. The van der Waals surface area contributed by atoms with E-state index in [1.54, 1.807) is 7.11 Å². The van der Waals surface area contributed by atoms with E-state index in [2.05, 4.69) is 6.92 Å². The fourth-order valence-corrected chi connectivity index (χ4v) is 3.03. The summed E-state index contributed by atoms with van der Waals surface area (Å²) < 4.78 is 75.5. The van der Waals surface area contributed by atoms with E-state index in [4.69, 9.17) is 66.3 Å². The molecule has 0 aliphatic rings. The van der Waals surface area contributed by atoms with Gasteiger partial charge in [0.1, 0.15) is 0 Å². The van der Waals surface area contributed by atoms with E-state index >= 15 is 0 Å². The predicted octanol–water partition coefficient (Wildman–Crippen LogP) is 1.26. The fraction of sp³-hybridized carbons (Fsp3) is 1.00. The predicted molar refractivity (Wildman–Crippen MR) is 163 cm³/mol. The molecule has 0 atom stereocenters. The molecule has 0 aliphatic heterocycles. The van der Waals surface area contributed by atoms with Crippen LogP contribution in [-0.4, -0.2) is 185 Å². The van der Waals surface area contributed by atoms with Crippen molar-refractivity contribution in [3.05, 3.63) is 0 Å². The van der Waals surface area contributed by atoms with E-state index in [0.29, 0.717) is 172 Å². The molecule has 0 aliphatic carbocycles. The minimum Gasteiger partial charge on any atom is -0.382 e. The zero-order valence-electron chi connectivity index (χ0n) is 27.5. The van der Waals surface area contributed by atoms with Crippen molar-refractivity contribution in [2.75, 3.05) is 185 Å². The molecule has 0 unspecified atom stereocenters. The molecule has 44 heavy (non-hydrogen) atoms.